The topological polar surface area (TPSA) is 46.5 Å². The molecule has 1 saturated heterocycles. The maximum Gasteiger partial charge on any atom is 0.253 e. The molecule has 5 nitrogen and oxygen atoms in total. The van der Waals surface area contributed by atoms with E-state index in [1.54, 1.807) is 34.1 Å². The Morgan fingerprint density at radius 1 is 1.20 bits per heavy atom. The Hall–Kier alpha value is -2.48. The molecule has 0 radical (unpaired) electrons. The van der Waals surface area contributed by atoms with Crippen LogP contribution in [0.5, 0.6) is 0 Å². The molecule has 1 N–H and O–H groups in total. The number of ether oxygens (including phenoxy) is 1. The van der Waals surface area contributed by atoms with Crippen molar-refractivity contribution >= 4 is 17.2 Å². The number of carbonyl (C=O) groups is 1. The molecule has 1 amide bonds. The number of rotatable bonds is 6. The van der Waals surface area contributed by atoms with Crippen molar-refractivity contribution in [3.05, 3.63) is 75.5 Å². The summed E-state index contributed by atoms with van der Waals surface area (Å²) >= 11 is 1.70. The molecule has 1 aliphatic heterocycles. The van der Waals surface area contributed by atoms with Gasteiger partial charge in [0.1, 0.15) is 5.82 Å². The van der Waals surface area contributed by atoms with Crippen LogP contribution in [0.25, 0.3) is 5.69 Å². The Morgan fingerprint density at radius 2 is 1.97 bits per heavy atom. The SMILES string of the molecule is Cc1cc(C(=O)NC[C@H](c2cccs2)N2CCOCC2)c(C)n1-c1ccccc1F. The summed E-state index contributed by atoms with van der Waals surface area (Å²) in [5, 5.41) is 5.17. The van der Waals surface area contributed by atoms with E-state index in [0.29, 0.717) is 31.0 Å². The van der Waals surface area contributed by atoms with Crippen LogP contribution in [-0.4, -0.2) is 48.2 Å². The van der Waals surface area contributed by atoms with Gasteiger partial charge in [-0.15, -0.1) is 11.3 Å². The quantitative estimate of drug-likeness (QED) is 0.644. The minimum absolute atomic E-state index is 0.118. The van der Waals surface area contributed by atoms with E-state index in [-0.39, 0.29) is 17.8 Å². The second-order valence-electron chi connectivity index (χ2n) is 7.46. The summed E-state index contributed by atoms with van der Waals surface area (Å²) in [6.07, 6.45) is 0. The van der Waals surface area contributed by atoms with Crippen LogP contribution in [0.1, 0.15) is 32.7 Å². The van der Waals surface area contributed by atoms with Gasteiger partial charge in [0.25, 0.3) is 5.91 Å². The monoisotopic (exact) mass is 427 g/mol. The average molecular weight is 428 g/mol. The predicted octanol–water partition coefficient (Wildman–Crippen LogP) is 4.10. The zero-order valence-electron chi connectivity index (χ0n) is 17.2. The van der Waals surface area contributed by atoms with Crippen LogP contribution in [0.15, 0.2) is 47.8 Å². The molecule has 0 aliphatic carbocycles. The minimum Gasteiger partial charge on any atom is -0.379 e. The number of morpholine rings is 1. The molecule has 1 fully saturated rings. The molecule has 158 valence electrons. The van der Waals surface area contributed by atoms with Gasteiger partial charge in [-0.2, -0.15) is 0 Å². The third kappa shape index (κ3) is 4.19. The molecule has 7 heteroatoms. The van der Waals surface area contributed by atoms with Gasteiger partial charge in [-0.25, -0.2) is 4.39 Å². The Bertz CT molecular complexity index is 1010. The third-order valence-electron chi connectivity index (χ3n) is 5.58. The zero-order chi connectivity index (χ0) is 21.1. The standard InChI is InChI=1S/C23H26FN3O2S/c1-16-14-18(17(2)27(16)20-7-4-3-6-19(20)24)23(28)25-15-21(22-8-5-13-30-22)26-9-11-29-12-10-26/h3-8,13-14,21H,9-12,15H2,1-2H3,(H,25,28)/t21-/m1/s1. The van der Waals surface area contributed by atoms with E-state index in [2.05, 4.69) is 21.7 Å². The van der Waals surface area contributed by atoms with E-state index >= 15 is 0 Å². The number of carbonyl (C=O) groups excluding carboxylic acids is 1. The number of aryl methyl sites for hydroxylation is 1. The number of amides is 1. The lowest BCUT2D eigenvalue weighted by molar-refractivity contribution is 0.0169. The van der Waals surface area contributed by atoms with Gasteiger partial charge in [-0.05, 0) is 43.5 Å². The Morgan fingerprint density at radius 3 is 2.67 bits per heavy atom. The van der Waals surface area contributed by atoms with Crippen molar-refractivity contribution in [2.75, 3.05) is 32.8 Å². The molecule has 3 aromatic rings. The average Bonchev–Trinajstić information content (AvgIpc) is 3.38. The molecule has 0 unspecified atom stereocenters. The maximum absolute atomic E-state index is 14.3. The van der Waals surface area contributed by atoms with Crippen LogP contribution in [-0.2, 0) is 4.74 Å². The van der Waals surface area contributed by atoms with Crippen LogP contribution in [0.4, 0.5) is 4.39 Å². The van der Waals surface area contributed by atoms with Crippen molar-refractivity contribution < 1.29 is 13.9 Å². The first-order valence-corrected chi connectivity index (χ1v) is 11.0. The molecule has 2 aromatic heterocycles. The largest absolute Gasteiger partial charge is 0.379 e. The maximum atomic E-state index is 14.3. The lowest BCUT2D eigenvalue weighted by atomic mass is 10.1. The molecule has 1 aliphatic rings. The van der Waals surface area contributed by atoms with Gasteiger partial charge in [0.15, 0.2) is 0 Å². The number of nitrogens with one attached hydrogen (secondary N) is 1. The minimum atomic E-state index is -0.309. The first kappa shape index (κ1) is 20.8. The molecule has 1 aromatic carbocycles. The van der Waals surface area contributed by atoms with E-state index in [9.17, 15) is 9.18 Å². The number of nitrogens with zero attached hydrogens (tertiary/aromatic N) is 2. The number of thiophene rings is 1. The summed E-state index contributed by atoms with van der Waals surface area (Å²) < 4.78 is 21.6. The van der Waals surface area contributed by atoms with Gasteiger partial charge in [0.05, 0.1) is 30.5 Å². The fourth-order valence-electron chi connectivity index (χ4n) is 4.06. The Labute approximate surface area is 180 Å². The van der Waals surface area contributed by atoms with Crippen LogP contribution in [0, 0.1) is 19.7 Å². The van der Waals surface area contributed by atoms with Gasteiger partial charge in [-0.3, -0.25) is 9.69 Å². The zero-order valence-corrected chi connectivity index (χ0v) is 18.0. The molecular formula is C23H26FN3O2S. The summed E-state index contributed by atoms with van der Waals surface area (Å²) in [6, 6.07) is 12.7. The molecule has 3 heterocycles. The molecule has 0 bridgehead atoms. The van der Waals surface area contributed by atoms with Crippen LogP contribution >= 0.6 is 11.3 Å². The number of hydrogen-bond donors (Lipinski definition) is 1. The van der Waals surface area contributed by atoms with E-state index in [0.717, 1.165) is 24.5 Å². The van der Waals surface area contributed by atoms with E-state index in [1.807, 2.05) is 26.0 Å². The highest BCUT2D eigenvalue weighted by atomic mass is 32.1. The van der Waals surface area contributed by atoms with E-state index in [4.69, 9.17) is 4.74 Å². The number of para-hydroxylation sites is 1. The second-order valence-corrected chi connectivity index (χ2v) is 8.44. The number of hydrogen-bond acceptors (Lipinski definition) is 4. The van der Waals surface area contributed by atoms with Crippen molar-refractivity contribution in [3.63, 3.8) is 0 Å². The van der Waals surface area contributed by atoms with Crippen molar-refractivity contribution in [1.82, 2.24) is 14.8 Å². The highest BCUT2D eigenvalue weighted by Gasteiger charge is 2.25. The van der Waals surface area contributed by atoms with E-state index < -0.39 is 0 Å². The van der Waals surface area contributed by atoms with Crippen molar-refractivity contribution in [2.24, 2.45) is 0 Å². The van der Waals surface area contributed by atoms with Gasteiger partial charge < -0.3 is 14.6 Å². The summed E-state index contributed by atoms with van der Waals surface area (Å²) in [6.45, 7) is 7.37. The summed E-state index contributed by atoms with van der Waals surface area (Å²) in [5.41, 5.74) is 2.58. The van der Waals surface area contributed by atoms with Crippen molar-refractivity contribution in [3.8, 4) is 5.69 Å². The lowest BCUT2D eigenvalue weighted by Gasteiger charge is -2.34. The van der Waals surface area contributed by atoms with Gasteiger partial charge in [0.2, 0.25) is 0 Å². The lowest BCUT2D eigenvalue weighted by Crippen LogP contribution is -2.43. The molecule has 4 rings (SSSR count). The molecule has 30 heavy (non-hydrogen) atoms. The van der Waals surface area contributed by atoms with Crippen LogP contribution in [0.3, 0.4) is 0 Å². The fraction of sp³-hybridized carbons (Fsp3) is 0.348. The van der Waals surface area contributed by atoms with E-state index in [1.165, 1.54) is 10.9 Å². The van der Waals surface area contributed by atoms with Crippen molar-refractivity contribution in [2.45, 2.75) is 19.9 Å². The number of aromatic nitrogens is 1. The molecule has 1 atom stereocenters. The predicted molar refractivity (Wildman–Crippen MR) is 117 cm³/mol. The summed E-state index contributed by atoms with van der Waals surface area (Å²) in [4.78, 5) is 16.6. The molecule has 0 spiro atoms. The normalized spacial score (nSPS) is 15.8. The second kappa shape index (κ2) is 9.12. The third-order valence-corrected chi connectivity index (χ3v) is 6.56. The van der Waals surface area contributed by atoms with Crippen LogP contribution < -0.4 is 5.32 Å². The van der Waals surface area contributed by atoms with Gasteiger partial charge in [-0.1, -0.05) is 18.2 Å². The number of halogens is 1. The van der Waals surface area contributed by atoms with Crippen LogP contribution in [0.2, 0.25) is 0 Å². The number of benzene rings is 1. The Kier molecular flexibility index (Phi) is 6.32. The fourth-order valence-corrected chi connectivity index (χ4v) is 4.92. The summed E-state index contributed by atoms with van der Waals surface area (Å²) in [5.74, 6) is -0.447. The Balaban J connectivity index is 1.53. The first-order valence-electron chi connectivity index (χ1n) is 10.1. The molecular weight excluding hydrogens is 401 g/mol. The summed E-state index contributed by atoms with van der Waals surface area (Å²) in [7, 11) is 0. The molecule has 0 saturated carbocycles. The van der Waals surface area contributed by atoms with Crippen molar-refractivity contribution in [1.29, 1.82) is 0 Å². The smallest absolute Gasteiger partial charge is 0.253 e. The highest BCUT2D eigenvalue weighted by molar-refractivity contribution is 7.10. The highest BCUT2D eigenvalue weighted by Crippen LogP contribution is 2.26. The first-order chi connectivity index (χ1) is 14.6. The van der Waals surface area contributed by atoms with Gasteiger partial charge in [0, 0.05) is 35.9 Å². The van der Waals surface area contributed by atoms with Gasteiger partial charge >= 0.3 is 0 Å².